The summed E-state index contributed by atoms with van der Waals surface area (Å²) in [5.74, 6) is -0.184. The second-order valence-corrected chi connectivity index (χ2v) is 5.27. The summed E-state index contributed by atoms with van der Waals surface area (Å²) in [6.07, 6.45) is -1.26. The van der Waals surface area contributed by atoms with Gasteiger partial charge in [-0.25, -0.2) is 9.18 Å². The summed E-state index contributed by atoms with van der Waals surface area (Å²) >= 11 is 0. The van der Waals surface area contributed by atoms with Crippen molar-refractivity contribution in [2.45, 2.75) is 39.0 Å². The fraction of sp³-hybridized carbons (Fsp3) is 0.909. The number of carbonyl (C=O) groups excluding carboxylic acids is 1. The molecule has 1 N–H and O–H groups in total. The van der Waals surface area contributed by atoms with E-state index in [0.29, 0.717) is 13.0 Å². The van der Waals surface area contributed by atoms with Crippen molar-refractivity contribution in [1.82, 2.24) is 4.90 Å². The van der Waals surface area contributed by atoms with Crippen molar-refractivity contribution in [1.29, 1.82) is 0 Å². The zero-order valence-electron chi connectivity index (χ0n) is 10.1. The van der Waals surface area contributed by atoms with Gasteiger partial charge in [0.05, 0.1) is 6.54 Å². The molecule has 0 spiro atoms. The lowest BCUT2D eigenvalue weighted by Gasteiger charge is -2.35. The number of likely N-dealkylation sites (tertiary alicyclic amines) is 1. The zero-order valence-corrected chi connectivity index (χ0v) is 10.1. The van der Waals surface area contributed by atoms with Gasteiger partial charge in [0.1, 0.15) is 11.8 Å². The predicted octanol–water partition coefficient (Wildman–Crippen LogP) is 1.57. The van der Waals surface area contributed by atoms with Gasteiger partial charge in [0.25, 0.3) is 0 Å². The van der Waals surface area contributed by atoms with Crippen LogP contribution < -0.4 is 0 Å². The first kappa shape index (κ1) is 13.2. The number of nitrogens with zero attached hydrogens (tertiary/aromatic N) is 1. The van der Waals surface area contributed by atoms with Gasteiger partial charge in [0.15, 0.2) is 0 Å². The van der Waals surface area contributed by atoms with Crippen LogP contribution in [0.1, 0.15) is 27.2 Å². The number of halogens is 1. The van der Waals surface area contributed by atoms with Gasteiger partial charge in [-0.05, 0) is 27.2 Å². The first-order chi connectivity index (χ1) is 7.31. The van der Waals surface area contributed by atoms with Gasteiger partial charge >= 0.3 is 6.09 Å². The monoisotopic (exact) mass is 233 g/mol. The quantitative estimate of drug-likeness (QED) is 0.748. The molecule has 1 fully saturated rings. The lowest BCUT2D eigenvalue weighted by Crippen LogP contribution is -2.47. The summed E-state index contributed by atoms with van der Waals surface area (Å²) in [6, 6.07) is 0. The summed E-state index contributed by atoms with van der Waals surface area (Å²) < 4.78 is 18.5. The number of rotatable bonds is 1. The number of aliphatic hydroxyl groups excluding tert-OH is 1. The zero-order chi connectivity index (χ0) is 12.3. The van der Waals surface area contributed by atoms with E-state index in [1.807, 2.05) is 0 Å². The second kappa shape index (κ2) is 4.99. The Hall–Kier alpha value is -0.840. The fourth-order valence-electron chi connectivity index (χ4n) is 1.74. The SMILES string of the molecule is CC(C)(C)OC(=O)N1C[C@@H](F)C[C@H](CO)C1. The molecule has 1 rings (SSSR count). The van der Waals surface area contributed by atoms with Gasteiger partial charge in [-0.3, -0.25) is 0 Å². The molecule has 1 saturated heterocycles. The van der Waals surface area contributed by atoms with Gasteiger partial charge in [0.2, 0.25) is 0 Å². The van der Waals surface area contributed by atoms with Crippen molar-refractivity contribution in [3.05, 3.63) is 0 Å². The van der Waals surface area contributed by atoms with Gasteiger partial charge in [-0.15, -0.1) is 0 Å². The summed E-state index contributed by atoms with van der Waals surface area (Å²) in [4.78, 5) is 13.0. The maximum absolute atomic E-state index is 13.3. The lowest BCUT2D eigenvalue weighted by atomic mass is 9.98. The molecule has 2 atom stereocenters. The Morgan fingerprint density at radius 2 is 2.12 bits per heavy atom. The van der Waals surface area contributed by atoms with E-state index in [4.69, 9.17) is 9.84 Å². The second-order valence-electron chi connectivity index (χ2n) is 5.27. The van der Waals surface area contributed by atoms with Crippen molar-refractivity contribution in [3.63, 3.8) is 0 Å². The molecule has 0 aliphatic carbocycles. The third kappa shape index (κ3) is 3.96. The first-order valence-corrected chi connectivity index (χ1v) is 5.54. The van der Waals surface area contributed by atoms with Crippen LogP contribution in [0, 0.1) is 5.92 Å². The summed E-state index contributed by atoms with van der Waals surface area (Å²) in [6.45, 7) is 5.64. The highest BCUT2D eigenvalue weighted by Gasteiger charge is 2.32. The highest BCUT2D eigenvalue weighted by atomic mass is 19.1. The van der Waals surface area contributed by atoms with Crippen LogP contribution >= 0.6 is 0 Å². The van der Waals surface area contributed by atoms with E-state index >= 15 is 0 Å². The standard InChI is InChI=1S/C11H20FNO3/c1-11(2,3)16-10(15)13-5-8(7-14)4-9(12)6-13/h8-9,14H,4-7H2,1-3H3/t8-,9-/m0/s1. The highest BCUT2D eigenvalue weighted by molar-refractivity contribution is 5.68. The molecule has 0 bridgehead atoms. The molecule has 0 aromatic carbocycles. The molecule has 5 heteroatoms. The number of carbonyl (C=O) groups is 1. The van der Waals surface area contributed by atoms with Crippen molar-refractivity contribution in [3.8, 4) is 0 Å². The minimum atomic E-state index is -1.07. The minimum Gasteiger partial charge on any atom is -0.444 e. The minimum absolute atomic E-state index is 0.0609. The lowest BCUT2D eigenvalue weighted by molar-refractivity contribution is 0.000745. The molecule has 0 aromatic heterocycles. The number of hydrogen-bond acceptors (Lipinski definition) is 3. The maximum Gasteiger partial charge on any atom is 0.410 e. The number of ether oxygens (including phenoxy) is 1. The molecule has 94 valence electrons. The van der Waals surface area contributed by atoms with E-state index in [2.05, 4.69) is 0 Å². The Morgan fingerprint density at radius 1 is 1.50 bits per heavy atom. The molecule has 1 aliphatic heterocycles. The Balaban J connectivity index is 2.55. The average Bonchev–Trinajstić information content (AvgIpc) is 2.14. The molecule has 0 radical (unpaired) electrons. The Labute approximate surface area is 95.4 Å². The predicted molar refractivity (Wildman–Crippen MR) is 57.9 cm³/mol. The number of alkyl halides is 1. The highest BCUT2D eigenvalue weighted by Crippen LogP contribution is 2.21. The largest absolute Gasteiger partial charge is 0.444 e. The topological polar surface area (TPSA) is 49.8 Å². The number of hydrogen-bond donors (Lipinski definition) is 1. The number of aliphatic hydroxyl groups is 1. The van der Waals surface area contributed by atoms with Crippen molar-refractivity contribution >= 4 is 6.09 Å². The third-order valence-corrected chi connectivity index (χ3v) is 2.40. The molecule has 16 heavy (non-hydrogen) atoms. The molecule has 1 heterocycles. The van der Waals surface area contributed by atoms with Crippen LogP contribution in [0.4, 0.5) is 9.18 Å². The van der Waals surface area contributed by atoms with Gasteiger partial charge in [-0.1, -0.05) is 0 Å². The van der Waals surface area contributed by atoms with Crippen LogP contribution in [0.15, 0.2) is 0 Å². The first-order valence-electron chi connectivity index (χ1n) is 5.54. The summed E-state index contributed by atoms with van der Waals surface area (Å²) in [5.41, 5.74) is -0.574. The molecular weight excluding hydrogens is 213 g/mol. The van der Waals surface area contributed by atoms with E-state index in [0.717, 1.165) is 0 Å². The van der Waals surface area contributed by atoms with E-state index in [9.17, 15) is 9.18 Å². The molecule has 0 saturated carbocycles. The smallest absolute Gasteiger partial charge is 0.410 e. The van der Waals surface area contributed by atoms with Crippen molar-refractivity contribution in [2.24, 2.45) is 5.92 Å². The number of piperidine rings is 1. The normalized spacial score (nSPS) is 26.7. The van der Waals surface area contributed by atoms with Crippen LogP contribution in [-0.2, 0) is 4.74 Å². The summed E-state index contributed by atoms with van der Waals surface area (Å²) in [7, 11) is 0. The van der Waals surface area contributed by atoms with E-state index in [1.165, 1.54) is 4.90 Å². The van der Waals surface area contributed by atoms with E-state index < -0.39 is 17.9 Å². The average molecular weight is 233 g/mol. The van der Waals surface area contributed by atoms with E-state index in [1.54, 1.807) is 20.8 Å². The Morgan fingerprint density at radius 3 is 2.62 bits per heavy atom. The Kier molecular flexibility index (Phi) is 4.13. The molecule has 0 unspecified atom stereocenters. The van der Waals surface area contributed by atoms with Crippen LogP contribution in [0.5, 0.6) is 0 Å². The maximum atomic E-state index is 13.3. The van der Waals surface area contributed by atoms with Crippen LogP contribution in [-0.4, -0.2) is 47.6 Å². The van der Waals surface area contributed by atoms with Gasteiger partial charge < -0.3 is 14.7 Å². The van der Waals surface area contributed by atoms with Crippen molar-refractivity contribution in [2.75, 3.05) is 19.7 Å². The molecule has 1 aliphatic rings. The molecule has 1 amide bonds. The van der Waals surface area contributed by atoms with Crippen LogP contribution in [0.25, 0.3) is 0 Å². The molecule has 0 aromatic rings. The summed E-state index contributed by atoms with van der Waals surface area (Å²) in [5, 5.41) is 9.00. The molecular formula is C11H20FNO3. The van der Waals surface area contributed by atoms with Crippen LogP contribution in [0.3, 0.4) is 0 Å². The fourth-order valence-corrected chi connectivity index (χ4v) is 1.74. The van der Waals surface area contributed by atoms with Gasteiger partial charge in [-0.2, -0.15) is 0 Å². The van der Waals surface area contributed by atoms with E-state index in [-0.39, 0.29) is 19.1 Å². The number of amides is 1. The van der Waals surface area contributed by atoms with Crippen molar-refractivity contribution < 1.29 is 19.0 Å². The van der Waals surface area contributed by atoms with Gasteiger partial charge in [0, 0.05) is 19.1 Å². The molecule has 4 nitrogen and oxygen atoms in total. The third-order valence-electron chi connectivity index (χ3n) is 2.40. The van der Waals surface area contributed by atoms with Crippen LogP contribution in [0.2, 0.25) is 0 Å². The Bertz CT molecular complexity index is 252.